The third-order valence-corrected chi connectivity index (χ3v) is 8.31. The van der Waals surface area contributed by atoms with Crippen LogP contribution in [0.3, 0.4) is 0 Å². The van der Waals surface area contributed by atoms with Gasteiger partial charge in [-0.3, -0.25) is 9.59 Å². The van der Waals surface area contributed by atoms with Gasteiger partial charge in [-0.25, -0.2) is 8.42 Å². The summed E-state index contributed by atoms with van der Waals surface area (Å²) in [4.78, 5) is 27.7. The number of sulfone groups is 1. The highest BCUT2D eigenvalue weighted by atomic mass is 32.2. The van der Waals surface area contributed by atoms with Gasteiger partial charge in [0, 0.05) is 18.7 Å². The van der Waals surface area contributed by atoms with Crippen molar-refractivity contribution in [3.05, 3.63) is 59.2 Å². The molecule has 8 nitrogen and oxygen atoms in total. The average molecular weight is 527 g/mol. The number of alkyl halides is 3. The summed E-state index contributed by atoms with van der Waals surface area (Å²) in [6.45, 7) is 2.57. The number of aliphatic hydroxyl groups is 1. The minimum atomic E-state index is -4.89. The summed E-state index contributed by atoms with van der Waals surface area (Å²) in [6, 6.07) is 7.81. The molecule has 12 heteroatoms. The molecular formula is C24H25F3N2O6S. The molecular weight excluding hydrogens is 501 g/mol. The van der Waals surface area contributed by atoms with Crippen LogP contribution in [0, 0.1) is 0 Å². The van der Waals surface area contributed by atoms with Crippen molar-refractivity contribution in [1.82, 2.24) is 4.90 Å². The van der Waals surface area contributed by atoms with Crippen molar-refractivity contribution in [3.63, 3.8) is 0 Å². The van der Waals surface area contributed by atoms with Crippen LogP contribution in [0.25, 0.3) is 0 Å². The minimum absolute atomic E-state index is 0.00652. The lowest BCUT2D eigenvalue weighted by molar-refractivity contribution is -0.258. The standard InChI is InChI=1S/C24H25F3N2O6S/c1-3-36(33,34)17-8-9-18-14(12-17)13-29(22(31)19-10-11-35-19)20(18)21(30)28-16-6-4-15(5-7-16)23(2,32)24(25,26)27/h4-9,12,19-20,32H,3,10-11,13H2,1-2H3,(H,28,30). The van der Waals surface area contributed by atoms with Crippen molar-refractivity contribution in [2.24, 2.45) is 0 Å². The van der Waals surface area contributed by atoms with Crippen LogP contribution in [-0.2, 0) is 36.3 Å². The van der Waals surface area contributed by atoms with E-state index in [2.05, 4.69) is 5.32 Å². The van der Waals surface area contributed by atoms with E-state index < -0.39 is 51.1 Å². The number of nitrogens with one attached hydrogen (secondary N) is 1. The Kier molecular flexibility index (Phi) is 6.65. The van der Waals surface area contributed by atoms with Crippen LogP contribution in [0.1, 0.15) is 43.0 Å². The number of benzene rings is 2. The van der Waals surface area contributed by atoms with Crippen molar-refractivity contribution in [2.45, 2.75) is 55.6 Å². The van der Waals surface area contributed by atoms with Gasteiger partial charge in [0.05, 0.1) is 17.3 Å². The van der Waals surface area contributed by atoms with Crippen LogP contribution in [0.4, 0.5) is 18.9 Å². The number of nitrogens with zero attached hydrogens (tertiary/aromatic N) is 1. The SMILES string of the molecule is CCS(=O)(=O)c1ccc2c(c1)CN(C(=O)C1CCO1)C2C(=O)Nc1ccc(C(C)(O)C(F)(F)F)cc1. The molecule has 4 rings (SSSR count). The van der Waals surface area contributed by atoms with Crippen LogP contribution in [-0.4, -0.2) is 54.9 Å². The molecule has 1 fully saturated rings. The maximum atomic E-state index is 13.3. The number of amides is 2. The van der Waals surface area contributed by atoms with Crippen molar-refractivity contribution >= 4 is 27.3 Å². The number of fused-ring (bicyclic) bond motifs is 1. The number of hydrogen-bond donors (Lipinski definition) is 2. The lowest BCUT2D eigenvalue weighted by Gasteiger charge is -2.32. The van der Waals surface area contributed by atoms with Crippen molar-refractivity contribution < 1.29 is 41.0 Å². The Bertz CT molecular complexity index is 1290. The van der Waals surface area contributed by atoms with Gasteiger partial charge in [0.2, 0.25) is 0 Å². The highest BCUT2D eigenvalue weighted by Gasteiger charge is 2.51. The number of hydrogen-bond acceptors (Lipinski definition) is 6. The number of rotatable bonds is 6. The molecule has 194 valence electrons. The van der Waals surface area contributed by atoms with Crippen LogP contribution in [0.15, 0.2) is 47.4 Å². The van der Waals surface area contributed by atoms with Crippen molar-refractivity contribution in [2.75, 3.05) is 17.7 Å². The zero-order valence-corrected chi connectivity index (χ0v) is 20.3. The zero-order chi connectivity index (χ0) is 26.5. The van der Waals surface area contributed by atoms with E-state index in [1.165, 1.54) is 42.2 Å². The molecule has 0 bridgehead atoms. The Morgan fingerprint density at radius 1 is 1.17 bits per heavy atom. The molecule has 2 aliphatic heterocycles. The topological polar surface area (TPSA) is 113 Å². The molecule has 3 unspecified atom stereocenters. The zero-order valence-electron chi connectivity index (χ0n) is 19.5. The first kappa shape index (κ1) is 26.1. The van der Waals surface area contributed by atoms with Crippen LogP contribution < -0.4 is 5.32 Å². The lowest BCUT2D eigenvalue weighted by Crippen LogP contribution is -2.47. The fourth-order valence-electron chi connectivity index (χ4n) is 4.14. The monoisotopic (exact) mass is 526 g/mol. The molecule has 1 saturated heterocycles. The van der Waals surface area contributed by atoms with E-state index in [0.29, 0.717) is 31.1 Å². The molecule has 2 aromatic rings. The number of carbonyl (C=O) groups is 2. The van der Waals surface area contributed by atoms with E-state index in [4.69, 9.17) is 4.74 Å². The summed E-state index contributed by atoms with van der Waals surface area (Å²) in [7, 11) is -3.51. The average Bonchev–Trinajstić information content (AvgIpc) is 3.16. The van der Waals surface area contributed by atoms with Crippen LogP contribution in [0.5, 0.6) is 0 Å². The quantitative estimate of drug-likeness (QED) is 0.598. The van der Waals surface area contributed by atoms with Gasteiger partial charge < -0.3 is 20.1 Å². The highest BCUT2D eigenvalue weighted by Crippen LogP contribution is 2.40. The fraction of sp³-hybridized carbons (Fsp3) is 0.417. The van der Waals surface area contributed by atoms with E-state index >= 15 is 0 Å². The molecule has 0 aliphatic carbocycles. The Morgan fingerprint density at radius 2 is 1.81 bits per heavy atom. The fourth-order valence-corrected chi connectivity index (χ4v) is 5.07. The number of anilines is 1. The summed E-state index contributed by atoms with van der Waals surface area (Å²) in [6.07, 6.45) is -5.09. The third kappa shape index (κ3) is 4.60. The Morgan fingerprint density at radius 3 is 2.33 bits per heavy atom. The lowest BCUT2D eigenvalue weighted by atomic mass is 9.95. The predicted molar refractivity (Wildman–Crippen MR) is 123 cm³/mol. The summed E-state index contributed by atoms with van der Waals surface area (Å²) in [5, 5.41) is 12.4. The second-order valence-corrected chi connectivity index (χ2v) is 11.2. The second kappa shape index (κ2) is 9.16. The first-order valence-corrected chi connectivity index (χ1v) is 12.9. The summed E-state index contributed by atoms with van der Waals surface area (Å²) < 4.78 is 69.3. The number of halogens is 3. The number of carbonyl (C=O) groups excluding carboxylic acids is 2. The first-order chi connectivity index (χ1) is 16.8. The minimum Gasteiger partial charge on any atom is -0.376 e. The molecule has 36 heavy (non-hydrogen) atoms. The number of ether oxygens (including phenoxy) is 1. The first-order valence-electron chi connectivity index (χ1n) is 11.2. The van der Waals surface area contributed by atoms with E-state index in [9.17, 15) is 36.3 Å². The van der Waals surface area contributed by atoms with Gasteiger partial charge in [0.25, 0.3) is 11.8 Å². The molecule has 2 aliphatic rings. The largest absolute Gasteiger partial charge is 0.421 e. The predicted octanol–water partition coefficient (Wildman–Crippen LogP) is 3.06. The van der Waals surface area contributed by atoms with E-state index in [-0.39, 0.29) is 22.9 Å². The van der Waals surface area contributed by atoms with Gasteiger partial charge in [0.1, 0.15) is 12.1 Å². The second-order valence-electron chi connectivity index (χ2n) is 8.92. The van der Waals surface area contributed by atoms with Gasteiger partial charge in [-0.15, -0.1) is 0 Å². The van der Waals surface area contributed by atoms with E-state index in [1.54, 1.807) is 0 Å². The molecule has 0 aromatic heterocycles. The normalized spacial score (nSPS) is 21.3. The highest BCUT2D eigenvalue weighted by molar-refractivity contribution is 7.91. The van der Waals surface area contributed by atoms with Gasteiger partial charge in [-0.05, 0) is 47.9 Å². The maximum absolute atomic E-state index is 13.3. The smallest absolute Gasteiger partial charge is 0.376 e. The summed E-state index contributed by atoms with van der Waals surface area (Å²) in [5.41, 5.74) is -2.35. The third-order valence-electron chi connectivity index (χ3n) is 6.57. The maximum Gasteiger partial charge on any atom is 0.421 e. The molecule has 0 spiro atoms. The molecule has 2 N–H and O–H groups in total. The molecule has 2 amide bonds. The van der Waals surface area contributed by atoms with Crippen molar-refractivity contribution in [1.29, 1.82) is 0 Å². The summed E-state index contributed by atoms with van der Waals surface area (Å²) in [5.74, 6) is -1.14. The molecule has 2 heterocycles. The van der Waals surface area contributed by atoms with Gasteiger partial charge in [0.15, 0.2) is 15.4 Å². The molecule has 2 aromatic carbocycles. The Balaban J connectivity index is 1.62. The molecule has 0 radical (unpaired) electrons. The van der Waals surface area contributed by atoms with Crippen molar-refractivity contribution in [3.8, 4) is 0 Å². The Labute approximate surface area is 206 Å². The van der Waals surface area contributed by atoms with Gasteiger partial charge in [-0.1, -0.05) is 25.1 Å². The van der Waals surface area contributed by atoms with E-state index in [1.807, 2.05) is 0 Å². The van der Waals surface area contributed by atoms with Gasteiger partial charge in [-0.2, -0.15) is 13.2 Å². The molecule has 3 atom stereocenters. The summed E-state index contributed by atoms with van der Waals surface area (Å²) >= 11 is 0. The van der Waals surface area contributed by atoms with Crippen LogP contribution >= 0.6 is 0 Å². The van der Waals surface area contributed by atoms with E-state index in [0.717, 1.165) is 12.1 Å². The molecule has 0 saturated carbocycles. The van der Waals surface area contributed by atoms with Crippen LogP contribution in [0.2, 0.25) is 0 Å². The van der Waals surface area contributed by atoms with Gasteiger partial charge >= 0.3 is 6.18 Å². The Hall–Kier alpha value is -2.96.